The summed E-state index contributed by atoms with van der Waals surface area (Å²) in [4.78, 5) is 0. The highest BCUT2D eigenvalue weighted by atomic mass is 127. The Kier molecular flexibility index (Phi) is 4.21. The molecule has 29 valence electrons. The molecule has 0 heterocycles. The Bertz CT molecular complexity index is 42.9. The second-order valence-corrected chi connectivity index (χ2v) is 2.56. The lowest BCUT2D eigenvalue weighted by Crippen LogP contribution is -1.40. The Labute approximate surface area is 59.3 Å². The molecule has 0 aliphatic rings. The SMILES string of the molecule is [CH2]C(I)=CI. The standard InChI is InChI=1S/C3H3I2/c1-3(5)2-4/h2H,1H2. The molecule has 0 rings (SSSR count). The first-order valence-corrected chi connectivity index (χ1v) is 3.37. The lowest BCUT2D eigenvalue weighted by molar-refractivity contribution is 2.14. The predicted octanol–water partition coefficient (Wildman–Crippen LogP) is 2.53. The number of rotatable bonds is 0. The van der Waals surface area contributed by atoms with Crippen molar-refractivity contribution in [3.63, 3.8) is 0 Å². The van der Waals surface area contributed by atoms with Crippen molar-refractivity contribution < 1.29 is 0 Å². The van der Waals surface area contributed by atoms with E-state index in [4.69, 9.17) is 0 Å². The summed E-state index contributed by atoms with van der Waals surface area (Å²) in [5, 5.41) is 0. The van der Waals surface area contributed by atoms with E-state index in [1.54, 1.807) is 0 Å². The fourth-order valence-corrected chi connectivity index (χ4v) is 0. The van der Waals surface area contributed by atoms with Gasteiger partial charge in [0.2, 0.25) is 0 Å². The lowest BCUT2D eigenvalue weighted by atomic mass is 10.8. The van der Waals surface area contributed by atoms with Crippen LogP contribution in [0.3, 0.4) is 0 Å². The largest absolute Gasteiger partial charge is 0.0522 e. The van der Waals surface area contributed by atoms with E-state index in [-0.39, 0.29) is 0 Å². The Morgan fingerprint density at radius 2 is 2.00 bits per heavy atom. The van der Waals surface area contributed by atoms with Gasteiger partial charge in [0.25, 0.3) is 0 Å². The van der Waals surface area contributed by atoms with Crippen LogP contribution in [0.25, 0.3) is 0 Å². The maximum atomic E-state index is 3.60. The van der Waals surface area contributed by atoms with Crippen molar-refractivity contribution in [1.82, 2.24) is 0 Å². The molecule has 2 heteroatoms. The van der Waals surface area contributed by atoms with Gasteiger partial charge in [-0.25, -0.2) is 0 Å². The zero-order chi connectivity index (χ0) is 4.28. The van der Waals surface area contributed by atoms with Gasteiger partial charge in [0.1, 0.15) is 0 Å². The summed E-state index contributed by atoms with van der Waals surface area (Å²) in [6.45, 7) is 3.60. The molecule has 0 unspecified atom stereocenters. The van der Waals surface area contributed by atoms with Crippen LogP contribution < -0.4 is 0 Å². The van der Waals surface area contributed by atoms with Gasteiger partial charge < -0.3 is 0 Å². The fraction of sp³-hybridized carbons (Fsp3) is 0. The second kappa shape index (κ2) is 3.39. The molecule has 1 radical (unpaired) electrons. The molecule has 0 N–H and O–H groups in total. The Balaban J connectivity index is 3.14. The maximum Gasteiger partial charge on any atom is -0.00300 e. The van der Waals surface area contributed by atoms with Gasteiger partial charge in [0, 0.05) is 0 Å². The van der Waals surface area contributed by atoms with E-state index in [1.807, 2.05) is 4.08 Å². The quantitative estimate of drug-likeness (QED) is 0.602. The molecular weight excluding hydrogens is 290 g/mol. The fourth-order valence-electron chi connectivity index (χ4n) is 0. The minimum absolute atomic E-state index is 1.09. The molecule has 0 spiro atoms. The molecule has 5 heavy (non-hydrogen) atoms. The van der Waals surface area contributed by atoms with Crippen molar-refractivity contribution >= 4 is 45.2 Å². The zero-order valence-electron chi connectivity index (χ0n) is 2.54. The summed E-state index contributed by atoms with van der Waals surface area (Å²) in [6, 6.07) is 0. The topological polar surface area (TPSA) is 0 Å². The van der Waals surface area contributed by atoms with Crippen LogP contribution in [-0.2, 0) is 0 Å². The highest BCUT2D eigenvalue weighted by Gasteiger charge is 1.65. The van der Waals surface area contributed by atoms with E-state index in [1.165, 1.54) is 0 Å². The van der Waals surface area contributed by atoms with Crippen LogP contribution in [0, 0.1) is 6.92 Å². The normalized spacial score (nSPS) is 12.2. The maximum absolute atomic E-state index is 3.60. The Morgan fingerprint density at radius 3 is 2.00 bits per heavy atom. The Hall–Kier alpha value is 1.20. The third-order valence-electron chi connectivity index (χ3n) is 0.118. The minimum atomic E-state index is 1.09. The van der Waals surface area contributed by atoms with Gasteiger partial charge >= 0.3 is 0 Å². The highest BCUT2D eigenvalue weighted by Crippen LogP contribution is 2.04. The zero-order valence-corrected chi connectivity index (χ0v) is 6.86. The average molecular weight is 293 g/mol. The van der Waals surface area contributed by atoms with E-state index < -0.39 is 0 Å². The third-order valence-corrected chi connectivity index (χ3v) is 2.37. The van der Waals surface area contributed by atoms with E-state index in [9.17, 15) is 0 Å². The first-order chi connectivity index (χ1) is 2.27. The number of allylic oxidation sites excluding steroid dienone is 1. The van der Waals surface area contributed by atoms with Gasteiger partial charge in [-0.3, -0.25) is 0 Å². The third kappa shape index (κ3) is 5.20. The molecule has 0 nitrogen and oxygen atoms in total. The van der Waals surface area contributed by atoms with Crippen molar-refractivity contribution in [1.29, 1.82) is 0 Å². The van der Waals surface area contributed by atoms with Gasteiger partial charge in [-0.05, 0) is 37.2 Å². The van der Waals surface area contributed by atoms with Crippen LogP contribution >= 0.6 is 45.2 Å². The van der Waals surface area contributed by atoms with Crippen molar-refractivity contribution in [2.45, 2.75) is 0 Å². The van der Waals surface area contributed by atoms with Gasteiger partial charge in [-0.1, -0.05) is 22.6 Å². The first-order valence-electron chi connectivity index (χ1n) is 1.05. The van der Waals surface area contributed by atoms with Crippen molar-refractivity contribution in [3.8, 4) is 0 Å². The summed E-state index contributed by atoms with van der Waals surface area (Å²) in [5.74, 6) is 0. The molecule has 0 fully saturated rings. The molecule has 0 aliphatic heterocycles. The van der Waals surface area contributed by atoms with Crippen LogP contribution in [-0.4, -0.2) is 0 Å². The van der Waals surface area contributed by atoms with E-state index in [2.05, 4.69) is 52.1 Å². The van der Waals surface area contributed by atoms with Gasteiger partial charge in [-0.15, -0.1) is 0 Å². The summed E-state index contributed by atoms with van der Waals surface area (Å²) >= 11 is 4.29. The molecule has 0 amide bonds. The molecule has 0 aromatic carbocycles. The van der Waals surface area contributed by atoms with Crippen LogP contribution in [0.4, 0.5) is 0 Å². The molecule has 0 aliphatic carbocycles. The van der Waals surface area contributed by atoms with E-state index in [0.717, 1.165) is 3.58 Å². The van der Waals surface area contributed by atoms with Gasteiger partial charge in [0.05, 0.1) is 0 Å². The van der Waals surface area contributed by atoms with Crippen LogP contribution in [0.15, 0.2) is 7.66 Å². The molecule has 0 atom stereocenters. The molecule has 0 bridgehead atoms. The molecule has 0 aromatic heterocycles. The van der Waals surface area contributed by atoms with Gasteiger partial charge in [0.15, 0.2) is 0 Å². The average Bonchev–Trinajstić information content (AvgIpc) is 1.38. The van der Waals surface area contributed by atoms with Crippen LogP contribution in [0.1, 0.15) is 0 Å². The molecule has 0 saturated carbocycles. The summed E-state index contributed by atoms with van der Waals surface area (Å²) in [5.41, 5.74) is 0. The Morgan fingerprint density at radius 1 is 1.80 bits per heavy atom. The van der Waals surface area contributed by atoms with E-state index in [0.29, 0.717) is 0 Å². The summed E-state index contributed by atoms with van der Waals surface area (Å²) < 4.78 is 3.02. The second-order valence-electron chi connectivity index (χ2n) is 0.556. The first kappa shape index (κ1) is 6.20. The lowest BCUT2D eigenvalue weighted by Gasteiger charge is -1.68. The van der Waals surface area contributed by atoms with Gasteiger partial charge in [-0.2, -0.15) is 0 Å². The summed E-state index contributed by atoms with van der Waals surface area (Å²) in [7, 11) is 0. The number of hydrogen-bond acceptors (Lipinski definition) is 0. The molecular formula is C3H3I2. The number of hydrogen-bond donors (Lipinski definition) is 0. The molecule has 0 aromatic rings. The monoisotopic (exact) mass is 293 g/mol. The van der Waals surface area contributed by atoms with E-state index >= 15 is 0 Å². The summed E-state index contributed by atoms with van der Waals surface area (Å²) in [6.07, 6.45) is 0. The highest BCUT2D eigenvalue weighted by molar-refractivity contribution is 14.1. The van der Waals surface area contributed by atoms with Crippen molar-refractivity contribution in [3.05, 3.63) is 14.6 Å². The predicted molar refractivity (Wildman–Crippen MR) is 41.5 cm³/mol. The van der Waals surface area contributed by atoms with Crippen molar-refractivity contribution in [2.24, 2.45) is 0 Å². The van der Waals surface area contributed by atoms with Crippen LogP contribution in [0.2, 0.25) is 0 Å². The number of halogens is 2. The smallest absolute Gasteiger partial charge is 0.00300 e. The minimum Gasteiger partial charge on any atom is -0.0522 e. The molecule has 0 saturated heterocycles. The van der Waals surface area contributed by atoms with Crippen LogP contribution in [0.5, 0.6) is 0 Å². The van der Waals surface area contributed by atoms with Crippen molar-refractivity contribution in [2.75, 3.05) is 0 Å².